The fraction of sp³-hybridized carbons (Fsp3) is 0.412. The molecule has 0 bridgehead atoms. The second-order valence-corrected chi connectivity index (χ2v) is 6.12. The van der Waals surface area contributed by atoms with Gasteiger partial charge < -0.3 is 20.0 Å². The molecule has 122 valence electrons. The molecule has 0 amide bonds. The van der Waals surface area contributed by atoms with Gasteiger partial charge >= 0.3 is 0 Å². The third kappa shape index (κ3) is 3.90. The molecule has 1 aliphatic heterocycles. The van der Waals surface area contributed by atoms with Crippen LogP contribution in [-0.2, 0) is 0 Å². The number of aromatic nitrogens is 2. The molecule has 0 aliphatic carbocycles. The molecule has 23 heavy (non-hydrogen) atoms. The van der Waals surface area contributed by atoms with Crippen LogP contribution < -0.4 is 15.1 Å². The first-order chi connectivity index (χ1) is 11.1. The minimum atomic E-state index is 0.825. The van der Waals surface area contributed by atoms with Crippen LogP contribution in [0.4, 0.5) is 23.0 Å². The molecule has 1 fully saturated rings. The van der Waals surface area contributed by atoms with Crippen molar-refractivity contribution in [2.45, 2.75) is 0 Å². The Labute approximate surface area is 137 Å². The van der Waals surface area contributed by atoms with Crippen molar-refractivity contribution in [2.24, 2.45) is 0 Å². The molecule has 2 heterocycles. The Morgan fingerprint density at radius 1 is 1.00 bits per heavy atom. The number of anilines is 4. The van der Waals surface area contributed by atoms with Gasteiger partial charge in [-0.3, -0.25) is 0 Å². The van der Waals surface area contributed by atoms with E-state index in [4.69, 9.17) is 0 Å². The summed E-state index contributed by atoms with van der Waals surface area (Å²) in [4.78, 5) is 15.5. The Morgan fingerprint density at radius 3 is 2.35 bits per heavy atom. The van der Waals surface area contributed by atoms with Crippen LogP contribution in [0.1, 0.15) is 0 Å². The average Bonchev–Trinajstić information content (AvgIpc) is 2.56. The minimum absolute atomic E-state index is 0.825. The zero-order chi connectivity index (χ0) is 16.2. The first kappa shape index (κ1) is 15.6. The quantitative estimate of drug-likeness (QED) is 0.932. The van der Waals surface area contributed by atoms with Gasteiger partial charge in [-0.05, 0) is 31.3 Å². The van der Waals surface area contributed by atoms with Crippen LogP contribution in [0.3, 0.4) is 0 Å². The van der Waals surface area contributed by atoms with Gasteiger partial charge in [-0.1, -0.05) is 0 Å². The molecule has 0 atom stereocenters. The summed E-state index contributed by atoms with van der Waals surface area (Å²) >= 11 is 0. The van der Waals surface area contributed by atoms with Crippen molar-refractivity contribution in [1.29, 1.82) is 0 Å². The molecule has 1 aromatic carbocycles. The van der Waals surface area contributed by atoms with Crippen LogP contribution >= 0.6 is 0 Å². The van der Waals surface area contributed by atoms with Crippen LogP contribution in [0, 0.1) is 0 Å². The highest BCUT2D eigenvalue weighted by atomic mass is 15.3. The molecular weight excluding hydrogens is 288 g/mol. The monoisotopic (exact) mass is 312 g/mol. The van der Waals surface area contributed by atoms with Crippen molar-refractivity contribution < 1.29 is 0 Å². The third-order valence-corrected chi connectivity index (χ3v) is 4.14. The summed E-state index contributed by atoms with van der Waals surface area (Å²) in [5.41, 5.74) is 2.20. The molecule has 3 rings (SSSR count). The van der Waals surface area contributed by atoms with E-state index in [0.29, 0.717) is 0 Å². The predicted molar refractivity (Wildman–Crippen MR) is 95.8 cm³/mol. The Hall–Kier alpha value is -2.34. The summed E-state index contributed by atoms with van der Waals surface area (Å²) in [5.74, 6) is 1.81. The molecule has 1 saturated heterocycles. The molecule has 1 aromatic heterocycles. The summed E-state index contributed by atoms with van der Waals surface area (Å²) in [6, 6.07) is 10.3. The summed E-state index contributed by atoms with van der Waals surface area (Å²) in [5, 5.41) is 3.35. The zero-order valence-corrected chi connectivity index (χ0v) is 14.0. The second-order valence-electron chi connectivity index (χ2n) is 6.12. The summed E-state index contributed by atoms with van der Waals surface area (Å²) < 4.78 is 0. The molecule has 0 unspecified atom stereocenters. The summed E-state index contributed by atoms with van der Waals surface area (Å²) in [7, 11) is 6.23. The van der Waals surface area contributed by atoms with Crippen LogP contribution in [-0.4, -0.2) is 62.2 Å². The molecule has 0 saturated carbocycles. The van der Waals surface area contributed by atoms with Gasteiger partial charge in [-0.15, -0.1) is 0 Å². The van der Waals surface area contributed by atoms with E-state index in [1.165, 1.54) is 5.69 Å². The highest BCUT2D eigenvalue weighted by Gasteiger charge is 2.15. The topological polar surface area (TPSA) is 47.5 Å². The largest absolute Gasteiger partial charge is 0.378 e. The van der Waals surface area contributed by atoms with Gasteiger partial charge in [0.25, 0.3) is 0 Å². The van der Waals surface area contributed by atoms with Crippen LogP contribution in [0.5, 0.6) is 0 Å². The van der Waals surface area contributed by atoms with Gasteiger partial charge in [0.05, 0.1) is 0 Å². The number of nitrogens with zero attached hydrogens (tertiary/aromatic N) is 5. The fourth-order valence-electron chi connectivity index (χ4n) is 2.61. The molecular formula is C17H24N6. The van der Waals surface area contributed by atoms with E-state index in [1.54, 1.807) is 6.33 Å². The van der Waals surface area contributed by atoms with Crippen molar-refractivity contribution >= 4 is 23.0 Å². The predicted octanol–water partition coefficient (Wildman–Crippen LogP) is 2.04. The number of nitrogens with one attached hydrogen (secondary N) is 1. The van der Waals surface area contributed by atoms with E-state index in [2.05, 4.69) is 61.3 Å². The highest BCUT2D eigenvalue weighted by Crippen LogP contribution is 2.21. The standard InChI is InChI=1S/C17H24N6/c1-21(2)15-6-4-14(5-7-15)20-16-12-17(19-13-18-16)23-10-8-22(3)9-11-23/h4-7,12-13H,8-11H2,1-3H3,(H,18,19,20). The molecule has 6 heteroatoms. The minimum Gasteiger partial charge on any atom is -0.378 e. The van der Waals surface area contributed by atoms with E-state index in [0.717, 1.165) is 43.5 Å². The van der Waals surface area contributed by atoms with E-state index in [1.807, 2.05) is 20.2 Å². The summed E-state index contributed by atoms with van der Waals surface area (Å²) in [6.45, 7) is 4.15. The maximum absolute atomic E-state index is 4.42. The zero-order valence-electron chi connectivity index (χ0n) is 14.0. The number of rotatable bonds is 4. The Kier molecular flexibility index (Phi) is 4.62. The van der Waals surface area contributed by atoms with E-state index in [-0.39, 0.29) is 0 Å². The second kappa shape index (κ2) is 6.83. The molecule has 0 spiro atoms. The van der Waals surface area contributed by atoms with Crippen LogP contribution in [0.2, 0.25) is 0 Å². The lowest BCUT2D eigenvalue weighted by Crippen LogP contribution is -2.44. The molecule has 2 aromatic rings. The van der Waals surface area contributed by atoms with Crippen molar-refractivity contribution in [3.8, 4) is 0 Å². The van der Waals surface area contributed by atoms with E-state index >= 15 is 0 Å². The number of benzene rings is 1. The van der Waals surface area contributed by atoms with Gasteiger partial charge in [-0.2, -0.15) is 0 Å². The molecule has 1 N–H and O–H groups in total. The van der Waals surface area contributed by atoms with Crippen molar-refractivity contribution in [3.05, 3.63) is 36.7 Å². The first-order valence-electron chi connectivity index (χ1n) is 7.92. The van der Waals surface area contributed by atoms with Gasteiger partial charge in [-0.25, -0.2) is 9.97 Å². The lowest BCUT2D eigenvalue weighted by atomic mass is 10.2. The van der Waals surface area contributed by atoms with Gasteiger partial charge in [0.1, 0.15) is 18.0 Å². The SMILES string of the molecule is CN1CCN(c2cc(Nc3ccc(N(C)C)cc3)ncn2)CC1. The van der Waals surface area contributed by atoms with Crippen LogP contribution in [0.15, 0.2) is 36.7 Å². The average molecular weight is 312 g/mol. The van der Waals surface area contributed by atoms with Crippen molar-refractivity contribution in [2.75, 3.05) is 62.4 Å². The highest BCUT2D eigenvalue weighted by molar-refractivity contribution is 5.62. The van der Waals surface area contributed by atoms with Gasteiger partial charge in [0.15, 0.2) is 0 Å². The lowest BCUT2D eigenvalue weighted by Gasteiger charge is -2.33. The molecule has 1 aliphatic rings. The van der Waals surface area contributed by atoms with Gasteiger partial charge in [0, 0.05) is 57.7 Å². The normalized spacial score (nSPS) is 15.5. The maximum Gasteiger partial charge on any atom is 0.135 e. The van der Waals surface area contributed by atoms with Crippen molar-refractivity contribution in [1.82, 2.24) is 14.9 Å². The smallest absolute Gasteiger partial charge is 0.135 e. The third-order valence-electron chi connectivity index (χ3n) is 4.14. The number of likely N-dealkylation sites (N-methyl/N-ethyl adjacent to an activating group) is 1. The molecule has 0 radical (unpaired) electrons. The van der Waals surface area contributed by atoms with Crippen LogP contribution in [0.25, 0.3) is 0 Å². The summed E-state index contributed by atoms with van der Waals surface area (Å²) in [6.07, 6.45) is 1.63. The Morgan fingerprint density at radius 2 is 1.70 bits per heavy atom. The molecule has 6 nitrogen and oxygen atoms in total. The number of hydrogen-bond donors (Lipinski definition) is 1. The maximum atomic E-state index is 4.42. The number of piperazine rings is 1. The Balaban J connectivity index is 1.70. The Bertz CT molecular complexity index is 632. The van der Waals surface area contributed by atoms with Gasteiger partial charge in [0.2, 0.25) is 0 Å². The van der Waals surface area contributed by atoms with E-state index < -0.39 is 0 Å². The fourth-order valence-corrected chi connectivity index (χ4v) is 2.61. The van der Waals surface area contributed by atoms with E-state index in [9.17, 15) is 0 Å². The van der Waals surface area contributed by atoms with Crippen molar-refractivity contribution in [3.63, 3.8) is 0 Å². The lowest BCUT2D eigenvalue weighted by molar-refractivity contribution is 0.312. The number of hydrogen-bond acceptors (Lipinski definition) is 6. The first-order valence-corrected chi connectivity index (χ1v) is 7.92.